The number of carbonyl (C=O) groups excluding carboxylic acids is 2. The second kappa shape index (κ2) is 6.10. The summed E-state index contributed by atoms with van der Waals surface area (Å²) in [6.45, 7) is 2.66. The van der Waals surface area contributed by atoms with Gasteiger partial charge in [-0.2, -0.15) is 0 Å². The molecule has 1 aromatic rings. The zero-order chi connectivity index (χ0) is 16.6. The molecular weight excluding hydrogens is 296 g/mol. The summed E-state index contributed by atoms with van der Waals surface area (Å²) in [7, 11) is 3.23. The first-order valence-corrected chi connectivity index (χ1v) is 7.89. The fourth-order valence-corrected chi connectivity index (χ4v) is 3.45. The molecule has 2 unspecified atom stereocenters. The predicted molar refractivity (Wildman–Crippen MR) is 84.5 cm³/mol. The molecule has 0 aromatic heterocycles. The van der Waals surface area contributed by atoms with Crippen LogP contribution in [0, 0.1) is 0 Å². The van der Waals surface area contributed by atoms with E-state index >= 15 is 0 Å². The predicted octanol–water partition coefficient (Wildman–Crippen LogP) is 1.43. The van der Waals surface area contributed by atoms with E-state index in [1.807, 2.05) is 24.0 Å². The second-order valence-corrected chi connectivity index (χ2v) is 6.02. The number of nitrogens with zero attached hydrogens (tertiary/aromatic N) is 1. The number of fused-ring (bicyclic) bond motifs is 1. The van der Waals surface area contributed by atoms with Crippen molar-refractivity contribution >= 4 is 11.8 Å². The third-order valence-electron chi connectivity index (χ3n) is 4.76. The van der Waals surface area contributed by atoms with Crippen LogP contribution in [0.2, 0.25) is 0 Å². The third-order valence-corrected chi connectivity index (χ3v) is 4.76. The summed E-state index contributed by atoms with van der Waals surface area (Å²) in [5, 5.41) is 2.76. The highest BCUT2D eigenvalue weighted by Crippen LogP contribution is 2.38. The summed E-state index contributed by atoms with van der Waals surface area (Å²) in [4.78, 5) is 25.9. The average molecular weight is 318 g/mol. The van der Waals surface area contributed by atoms with Gasteiger partial charge in [-0.25, -0.2) is 0 Å². The van der Waals surface area contributed by atoms with Gasteiger partial charge in [-0.05, 0) is 43.0 Å². The molecular formula is C17H22N2O4. The molecule has 124 valence electrons. The van der Waals surface area contributed by atoms with Gasteiger partial charge < -0.3 is 19.7 Å². The number of nitrogens with one attached hydrogen (secondary N) is 1. The molecule has 23 heavy (non-hydrogen) atoms. The van der Waals surface area contributed by atoms with Crippen molar-refractivity contribution in [3.05, 3.63) is 23.3 Å². The minimum absolute atomic E-state index is 0.00350. The highest BCUT2D eigenvalue weighted by Gasteiger charge is 2.35. The average Bonchev–Trinajstić information content (AvgIpc) is 3.00. The van der Waals surface area contributed by atoms with Gasteiger partial charge in [0.25, 0.3) is 0 Å². The third kappa shape index (κ3) is 2.73. The lowest BCUT2D eigenvalue weighted by Crippen LogP contribution is -2.47. The van der Waals surface area contributed by atoms with Gasteiger partial charge in [0.2, 0.25) is 11.8 Å². The first-order chi connectivity index (χ1) is 11.0. The summed E-state index contributed by atoms with van der Waals surface area (Å²) in [6.07, 6.45) is 1.78. The van der Waals surface area contributed by atoms with Crippen LogP contribution in [0.5, 0.6) is 11.5 Å². The van der Waals surface area contributed by atoms with E-state index in [-0.39, 0.29) is 23.9 Å². The molecule has 1 N–H and O–H groups in total. The van der Waals surface area contributed by atoms with Crippen molar-refractivity contribution in [2.24, 2.45) is 0 Å². The molecule has 1 aromatic carbocycles. The van der Waals surface area contributed by atoms with Gasteiger partial charge in [-0.15, -0.1) is 0 Å². The maximum atomic E-state index is 12.7. The van der Waals surface area contributed by atoms with Crippen LogP contribution < -0.4 is 14.8 Å². The van der Waals surface area contributed by atoms with E-state index in [4.69, 9.17) is 9.47 Å². The Balaban J connectivity index is 1.86. The van der Waals surface area contributed by atoms with Crippen LogP contribution >= 0.6 is 0 Å². The Labute approximate surface area is 135 Å². The summed E-state index contributed by atoms with van der Waals surface area (Å²) in [5.41, 5.74) is 2.25. The molecule has 0 bridgehead atoms. The molecule has 0 aliphatic carbocycles. The van der Waals surface area contributed by atoms with Crippen molar-refractivity contribution in [1.29, 1.82) is 0 Å². The summed E-state index contributed by atoms with van der Waals surface area (Å²) in [5.74, 6) is 1.34. The molecule has 2 heterocycles. The van der Waals surface area contributed by atoms with Gasteiger partial charge in [0.15, 0.2) is 11.5 Å². The van der Waals surface area contributed by atoms with Crippen LogP contribution in [-0.4, -0.2) is 43.5 Å². The zero-order valence-electron chi connectivity index (χ0n) is 13.7. The van der Waals surface area contributed by atoms with Crippen LogP contribution in [0.15, 0.2) is 12.1 Å². The fraction of sp³-hybridized carbons (Fsp3) is 0.529. The minimum atomic E-state index is -0.383. The van der Waals surface area contributed by atoms with Crippen molar-refractivity contribution < 1.29 is 19.1 Å². The number of benzene rings is 1. The molecule has 1 saturated heterocycles. The van der Waals surface area contributed by atoms with Crippen LogP contribution in [0.25, 0.3) is 0 Å². The number of amides is 2. The second-order valence-electron chi connectivity index (χ2n) is 6.02. The van der Waals surface area contributed by atoms with E-state index in [1.165, 1.54) is 5.56 Å². The smallest absolute Gasteiger partial charge is 0.245 e. The Hall–Kier alpha value is -2.24. The fourth-order valence-electron chi connectivity index (χ4n) is 3.45. The Kier molecular flexibility index (Phi) is 4.15. The molecule has 2 amide bonds. The van der Waals surface area contributed by atoms with Crippen molar-refractivity contribution in [3.63, 3.8) is 0 Å². The van der Waals surface area contributed by atoms with Gasteiger partial charge in [0, 0.05) is 13.0 Å². The number of ether oxygens (including phenoxy) is 2. The molecule has 6 nitrogen and oxygen atoms in total. The SMILES string of the molecule is COc1cc2c(cc1OC)C(C)N(C(=O)C1CCC(=O)N1)CC2. The van der Waals surface area contributed by atoms with Gasteiger partial charge in [0.1, 0.15) is 6.04 Å². The number of carbonyl (C=O) groups is 2. The van der Waals surface area contributed by atoms with Crippen LogP contribution in [0.1, 0.15) is 36.9 Å². The Morgan fingerprint density at radius 3 is 2.52 bits per heavy atom. The number of methoxy groups -OCH3 is 2. The quantitative estimate of drug-likeness (QED) is 0.915. The Morgan fingerprint density at radius 1 is 1.22 bits per heavy atom. The van der Waals surface area contributed by atoms with E-state index in [0.29, 0.717) is 30.9 Å². The normalized spacial score (nSPS) is 23.3. The minimum Gasteiger partial charge on any atom is -0.493 e. The first kappa shape index (κ1) is 15.6. The number of rotatable bonds is 3. The highest BCUT2D eigenvalue weighted by molar-refractivity contribution is 5.91. The topological polar surface area (TPSA) is 67.9 Å². The number of hydrogen-bond acceptors (Lipinski definition) is 4. The van der Waals surface area contributed by atoms with E-state index in [1.54, 1.807) is 14.2 Å². The molecule has 6 heteroatoms. The lowest BCUT2D eigenvalue weighted by atomic mass is 9.92. The molecule has 0 saturated carbocycles. The van der Waals surface area contributed by atoms with Crippen LogP contribution in [0.4, 0.5) is 0 Å². The number of hydrogen-bond donors (Lipinski definition) is 1. The molecule has 2 aliphatic heterocycles. The molecule has 1 fully saturated rings. The van der Waals surface area contributed by atoms with Crippen molar-refractivity contribution in [3.8, 4) is 11.5 Å². The van der Waals surface area contributed by atoms with E-state index in [9.17, 15) is 9.59 Å². The van der Waals surface area contributed by atoms with Gasteiger partial charge in [0.05, 0.1) is 20.3 Å². The summed E-state index contributed by atoms with van der Waals surface area (Å²) >= 11 is 0. The molecule has 2 aliphatic rings. The molecule has 0 radical (unpaired) electrons. The largest absolute Gasteiger partial charge is 0.493 e. The van der Waals surface area contributed by atoms with Crippen molar-refractivity contribution in [2.45, 2.75) is 38.3 Å². The molecule has 3 rings (SSSR count). The lowest BCUT2D eigenvalue weighted by Gasteiger charge is -2.37. The maximum Gasteiger partial charge on any atom is 0.245 e. The lowest BCUT2D eigenvalue weighted by molar-refractivity contribution is -0.136. The standard InChI is InChI=1S/C17H22N2O4/c1-10-12-9-15(23-3)14(22-2)8-11(12)6-7-19(10)17(21)13-4-5-16(20)18-13/h8-10,13H,4-7H2,1-3H3,(H,18,20). The van der Waals surface area contributed by atoms with Gasteiger partial charge >= 0.3 is 0 Å². The van der Waals surface area contributed by atoms with E-state index in [0.717, 1.165) is 12.0 Å². The Morgan fingerprint density at radius 2 is 1.91 bits per heavy atom. The summed E-state index contributed by atoms with van der Waals surface area (Å²) in [6, 6.07) is 3.50. The van der Waals surface area contributed by atoms with Gasteiger partial charge in [-0.1, -0.05) is 0 Å². The summed E-state index contributed by atoms with van der Waals surface area (Å²) < 4.78 is 10.7. The van der Waals surface area contributed by atoms with E-state index in [2.05, 4.69) is 5.32 Å². The highest BCUT2D eigenvalue weighted by atomic mass is 16.5. The molecule has 0 spiro atoms. The van der Waals surface area contributed by atoms with Crippen molar-refractivity contribution in [1.82, 2.24) is 10.2 Å². The Bertz CT molecular complexity index is 644. The van der Waals surface area contributed by atoms with E-state index < -0.39 is 0 Å². The zero-order valence-corrected chi connectivity index (χ0v) is 13.7. The van der Waals surface area contributed by atoms with Crippen molar-refractivity contribution in [2.75, 3.05) is 20.8 Å². The van der Waals surface area contributed by atoms with Gasteiger partial charge in [-0.3, -0.25) is 9.59 Å². The molecule has 2 atom stereocenters. The maximum absolute atomic E-state index is 12.7. The van der Waals surface area contributed by atoms with Crippen LogP contribution in [0.3, 0.4) is 0 Å². The van der Waals surface area contributed by atoms with Crippen LogP contribution in [-0.2, 0) is 16.0 Å². The monoisotopic (exact) mass is 318 g/mol. The first-order valence-electron chi connectivity index (χ1n) is 7.89.